The summed E-state index contributed by atoms with van der Waals surface area (Å²) in [7, 11) is 0. The van der Waals surface area contributed by atoms with Crippen molar-refractivity contribution < 1.29 is 29.5 Å². The summed E-state index contributed by atoms with van der Waals surface area (Å²) >= 11 is 0. The molecule has 2 aliphatic rings. The number of unbranched alkanes of at least 4 members (excludes halogenated alkanes) is 3. The summed E-state index contributed by atoms with van der Waals surface area (Å²) in [6.45, 7) is 2.61. The lowest BCUT2D eigenvalue weighted by Crippen LogP contribution is -2.67. The van der Waals surface area contributed by atoms with Crippen LogP contribution in [0, 0.1) is 0 Å². The van der Waals surface area contributed by atoms with E-state index < -0.39 is 61.0 Å². The summed E-state index contributed by atoms with van der Waals surface area (Å²) in [5.41, 5.74) is 23.8. The van der Waals surface area contributed by atoms with Crippen LogP contribution in [0.15, 0.2) is 0 Å². The summed E-state index contributed by atoms with van der Waals surface area (Å²) in [6, 6.07) is -1.98. The van der Waals surface area contributed by atoms with Crippen molar-refractivity contribution in [3.05, 3.63) is 0 Å². The predicted octanol–water partition coefficient (Wildman–Crippen LogP) is -2.51. The highest BCUT2D eigenvalue weighted by molar-refractivity contribution is 5.00. The molecule has 0 unspecified atom stereocenters. The first-order chi connectivity index (χ1) is 13.3. The van der Waals surface area contributed by atoms with Crippen molar-refractivity contribution in [1.82, 2.24) is 0 Å². The molecule has 0 aromatic rings. The van der Waals surface area contributed by atoms with Gasteiger partial charge < -0.3 is 52.5 Å². The summed E-state index contributed by atoms with van der Waals surface area (Å²) in [6.07, 6.45) is -2.30. The van der Waals surface area contributed by atoms with Crippen molar-refractivity contribution in [2.45, 2.75) is 100 Å². The van der Waals surface area contributed by atoms with Crippen molar-refractivity contribution in [2.24, 2.45) is 22.9 Å². The lowest BCUT2D eigenvalue weighted by Gasteiger charge is -2.46. The van der Waals surface area contributed by atoms with E-state index in [1.807, 2.05) is 0 Å². The SMILES string of the molecule is CCCCCCO[C@@H]1[C@@H](O)[C@H](O[C@H]2O[C@H](CN)[C@@H](O)[C@H](O)[C@H]2N)[C@@H](N)C[C@H]1N. The van der Waals surface area contributed by atoms with Gasteiger partial charge >= 0.3 is 0 Å². The first-order valence-corrected chi connectivity index (χ1v) is 10.2. The Hall–Kier alpha value is -0.400. The molecule has 10 atom stereocenters. The highest BCUT2D eigenvalue weighted by atomic mass is 16.7. The van der Waals surface area contributed by atoms with Crippen LogP contribution in [0.25, 0.3) is 0 Å². The van der Waals surface area contributed by atoms with E-state index in [9.17, 15) is 15.3 Å². The third-order valence-corrected chi connectivity index (χ3v) is 5.64. The molecule has 0 amide bonds. The van der Waals surface area contributed by atoms with Gasteiger partial charge in [0.05, 0.1) is 6.04 Å². The molecule has 1 saturated heterocycles. The molecule has 2 rings (SSSR count). The zero-order valence-electron chi connectivity index (χ0n) is 16.6. The van der Waals surface area contributed by atoms with Crippen molar-refractivity contribution in [2.75, 3.05) is 13.2 Å². The van der Waals surface area contributed by atoms with Crippen LogP contribution >= 0.6 is 0 Å². The molecule has 1 aliphatic carbocycles. The fourth-order valence-corrected chi connectivity index (χ4v) is 3.85. The Kier molecular flexibility index (Phi) is 9.48. The Labute approximate surface area is 166 Å². The molecule has 0 radical (unpaired) electrons. The van der Waals surface area contributed by atoms with E-state index in [4.69, 9.17) is 37.1 Å². The molecule has 11 N–H and O–H groups in total. The Morgan fingerprint density at radius 1 is 0.929 bits per heavy atom. The molecular weight excluding hydrogens is 368 g/mol. The number of hydrogen-bond acceptors (Lipinski definition) is 10. The number of ether oxygens (including phenoxy) is 3. The van der Waals surface area contributed by atoms with Crippen LogP contribution in [0.2, 0.25) is 0 Å². The molecule has 2 fully saturated rings. The van der Waals surface area contributed by atoms with Gasteiger partial charge in [-0.15, -0.1) is 0 Å². The average molecular weight is 407 g/mol. The van der Waals surface area contributed by atoms with Crippen LogP contribution in [0.5, 0.6) is 0 Å². The summed E-state index contributed by atoms with van der Waals surface area (Å²) in [5, 5.41) is 30.9. The van der Waals surface area contributed by atoms with Crippen LogP contribution in [-0.4, -0.2) is 89.5 Å². The predicted molar refractivity (Wildman–Crippen MR) is 103 cm³/mol. The summed E-state index contributed by atoms with van der Waals surface area (Å²) in [4.78, 5) is 0. The normalized spacial score (nSPS) is 44.6. The lowest BCUT2D eigenvalue weighted by molar-refractivity contribution is -0.289. The van der Waals surface area contributed by atoms with Crippen LogP contribution in [-0.2, 0) is 14.2 Å². The largest absolute Gasteiger partial charge is 0.388 e. The third-order valence-electron chi connectivity index (χ3n) is 5.64. The molecule has 28 heavy (non-hydrogen) atoms. The Morgan fingerprint density at radius 2 is 1.61 bits per heavy atom. The Bertz CT molecular complexity index is 460. The van der Waals surface area contributed by atoms with Gasteiger partial charge in [0.25, 0.3) is 0 Å². The van der Waals surface area contributed by atoms with Crippen molar-refractivity contribution in [1.29, 1.82) is 0 Å². The molecule has 0 aromatic carbocycles. The molecule has 0 aromatic heterocycles. The maximum Gasteiger partial charge on any atom is 0.176 e. The zero-order chi connectivity index (χ0) is 20.8. The van der Waals surface area contributed by atoms with E-state index in [-0.39, 0.29) is 6.54 Å². The first kappa shape index (κ1) is 23.9. The quantitative estimate of drug-likeness (QED) is 0.201. The second-order valence-corrected chi connectivity index (χ2v) is 7.89. The van der Waals surface area contributed by atoms with Crippen molar-refractivity contribution >= 4 is 0 Å². The van der Waals surface area contributed by atoms with E-state index in [0.29, 0.717) is 13.0 Å². The number of aliphatic hydroxyl groups is 3. The fourth-order valence-electron chi connectivity index (χ4n) is 3.85. The molecule has 166 valence electrons. The summed E-state index contributed by atoms with van der Waals surface area (Å²) in [5.74, 6) is 0. The maximum atomic E-state index is 10.8. The molecule has 0 spiro atoms. The monoisotopic (exact) mass is 406 g/mol. The Balaban J connectivity index is 1.98. The molecule has 10 heteroatoms. The number of aliphatic hydroxyl groups excluding tert-OH is 3. The van der Waals surface area contributed by atoms with E-state index in [1.165, 1.54) is 0 Å². The zero-order valence-corrected chi connectivity index (χ0v) is 16.6. The van der Waals surface area contributed by atoms with Gasteiger partial charge in [-0.25, -0.2) is 0 Å². The molecule has 1 heterocycles. The van der Waals surface area contributed by atoms with Crippen LogP contribution in [0.3, 0.4) is 0 Å². The highest BCUT2D eigenvalue weighted by Gasteiger charge is 2.48. The minimum Gasteiger partial charge on any atom is -0.388 e. The minimum absolute atomic E-state index is 0.0154. The van der Waals surface area contributed by atoms with Crippen LogP contribution < -0.4 is 22.9 Å². The average Bonchev–Trinajstić information content (AvgIpc) is 2.66. The smallest absolute Gasteiger partial charge is 0.176 e. The molecule has 10 nitrogen and oxygen atoms in total. The van der Waals surface area contributed by atoms with Crippen molar-refractivity contribution in [3.63, 3.8) is 0 Å². The van der Waals surface area contributed by atoms with Gasteiger partial charge in [0.15, 0.2) is 6.29 Å². The van der Waals surface area contributed by atoms with Gasteiger partial charge in [-0.2, -0.15) is 0 Å². The van der Waals surface area contributed by atoms with Gasteiger partial charge in [0.2, 0.25) is 0 Å². The molecule has 1 aliphatic heterocycles. The molecule has 1 saturated carbocycles. The molecule has 0 bridgehead atoms. The first-order valence-electron chi connectivity index (χ1n) is 10.2. The molecular formula is C18H38N4O6. The third kappa shape index (κ3) is 5.60. The fraction of sp³-hybridized carbons (Fsp3) is 1.00. The summed E-state index contributed by atoms with van der Waals surface area (Å²) < 4.78 is 17.3. The Morgan fingerprint density at radius 3 is 2.25 bits per heavy atom. The van der Waals surface area contributed by atoms with Crippen molar-refractivity contribution in [3.8, 4) is 0 Å². The standard InChI is InChI=1S/C18H38N4O6/c1-2-3-4-5-6-26-16-9(20)7-10(21)17(15(16)25)28-18-12(22)14(24)13(23)11(8-19)27-18/h9-18,23-25H,2-8,19-22H2,1H3/t9-,10+,11-,12-,13-,14-,15-,16+,17-,18-/m1/s1. The van der Waals surface area contributed by atoms with Gasteiger partial charge in [0, 0.05) is 25.2 Å². The van der Waals surface area contributed by atoms with Crippen LogP contribution in [0.1, 0.15) is 39.0 Å². The van der Waals surface area contributed by atoms with E-state index >= 15 is 0 Å². The van der Waals surface area contributed by atoms with Gasteiger partial charge in [0.1, 0.15) is 36.6 Å². The van der Waals surface area contributed by atoms with E-state index in [1.54, 1.807) is 0 Å². The number of rotatable bonds is 9. The topological polar surface area (TPSA) is 192 Å². The van der Waals surface area contributed by atoms with Gasteiger partial charge in [-0.05, 0) is 12.8 Å². The second kappa shape index (κ2) is 11.1. The van der Waals surface area contributed by atoms with Gasteiger partial charge in [-0.3, -0.25) is 0 Å². The van der Waals surface area contributed by atoms with Gasteiger partial charge in [-0.1, -0.05) is 26.2 Å². The second-order valence-electron chi connectivity index (χ2n) is 7.89. The maximum absolute atomic E-state index is 10.8. The van der Waals surface area contributed by atoms with E-state index in [2.05, 4.69) is 6.92 Å². The lowest BCUT2D eigenvalue weighted by atomic mass is 9.84. The van der Waals surface area contributed by atoms with Crippen LogP contribution in [0.4, 0.5) is 0 Å². The minimum atomic E-state index is -1.27. The number of nitrogens with two attached hydrogens (primary N) is 4. The number of hydrogen-bond donors (Lipinski definition) is 7. The van der Waals surface area contributed by atoms with E-state index in [0.717, 1.165) is 25.7 Å². The highest BCUT2D eigenvalue weighted by Crippen LogP contribution is 2.28.